The molecule has 0 spiro atoms. The van der Waals surface area contributed by atoms with Gasteiger partial charge in [0.25, 0.3) is 0 Å². The van der Waals surface area contributed by atoms with Gasteiger partial charge in [-0.25, -0.2) is 0 Å². The molecule has 3 rings (SSSR count). The van der Waals surface area contributed by atoms with Crippen LogP contribution < -0.4 is 5.32 Å². The van der Waals surface area contributed by atoms with E-state index in [4.69, 9.17) is 0 Å². The topological polar surface area (TPSA) is 12.0 Å². The third-order valence-corrected chi connectivity index (χ3v) is 4.77. The molecule has 0 radical (unpaired) electrons. The van der Waals surface area contributed by atoms with Gasteiger partial charge in [0, 0.05) is 7.05 Å². The van der Waals surface area contributed by atoms with Gasteiger partial charge in [-0.1, -0.05) is 36.9 Å². The van der Waals surface area contributed by atoms with E-state index in [0.29, 0.717) is 0 Å². The first kappa shape index (κ1) is 13.2. The minimum Gasteiger partial charge on any atom is -0.394 e. The van der Waals surface area contributed by atoms with Crippen LogP contribution in [0, 0.1) is 18.8 Å². The maximum absolute atomic E-state index is 4.30. The summed E-state index contributed by atoms with van der Waals surface area (Å²) in [6.45, 7) is 6.46. The first-order valence-electron chi connectivity index (χ1n) is 7.55. The van der Waals surface area contributed by atoms with Gasteiger partial charge in [-0.15, -0.1) is 0 Å². The van der Waals surface area contributed by atoms with Crippen LogP contribution in [0.4, 0.5) is 0 Å². The average Bonchev–Trinajstić information content (AvgIpc) is 3.02. The van der Waals surface area contributed by atoms with Gasteiger partial charge in [0.1, 0.15) is 0 Å². The number of rotatable bonds is 3. The van der Waals surface area contributed by atoms with Crippen LogP contribution in [0.15, 0.2) is 54.3 Å². The Morgan fingerprint density at radius 3 is 2.60 bits per heavy atom. The van der Waals surface area contributed by atoms with Crippen LogP contribution in [0.3, 0.4) is 0 Å². The molecule has 1 aromatic carbocycles. The predicted octanol–water partition coefficient (Wildman–Crippen LogP) is 4.47. The lowest BCUT2D eigenvalue weighted by molar-refractivity contribution is 0.650. The minimum atomic E-state index is 0.750. The molecule has 20 heavy (non-hydrogen) atoms. The van der Waals surface area contributed by atoms with E-state index in [1.807, 2.05) is 7.05 Å². The number of fused-ring (bicyclic) bond motifs is 2. The van der Waals surface area contributed by atoms with Gasteiger partial charge in [0.15, 0.2) is 0 Å². The molecule has 2 fully saturated rings. The van der Waals surface area contributed by atoms with Crippen LogP contribution in [0.25, 0.3) is 5.57 Å². The van der Waals surface area contributed by atoms with Gasteiger partial charge >= 0.3 is 0 Å². The van der Waals surface area contributed by atoms with Gasteiger partial charge in [0.2, 0.25) is 0 Å². The summed E-state index contributed by atoms with van der Waals surface area (Å²) < 4.78 is 0. The molecular weight excluding hydrogens is 242 g/mol. The number of aryl methyl sites for hydroxylation is 1. The summed E-state index contributed by atoms with van der Waals surface area (Å²) in [4.78, 5) is 0. The molecule has 1 nitrogen and oxygen atoms in total. The molecule has 1 heteroatoms. The number of allylic oxidation sites excluding steroid dienone is 4. The molecule has 2 bridgehead atoms. The Hall–Kier alpha value is -1.76. The fourth-order valence-electron chi connectivity index (χ4n) is 3.77. The second-order valence-electron chi connectivity index (χ2n) is 6.04. The highest BCUT2D eigenvalue weighted by atomic mass is 14.8. The van der Waals surface area contributed by atoms with Crippen LogP contribution in [0.1, 0.15) is 30.4 Å². The second kappa shape index (κ2) is 5.32. The SMILES string of the molecule is C=C(C=C1/C(=C\NC)C2CCC1C2)c1ccccc1C. The monoisotopic (exact) mass is 265 g/mol. The third kappa shape index (κ3) is 2.22. The number of hydrogen-bond donors (Lipinski definition) is 1. The Labute approximate surface area is 122 Å². The minimum absolute atomic E-state index is 0.750. The Morgan fingerprint density at radius 1 is 1.20 bits per heavy atom. The maximum Gasteiger partial charge on any atom is 0.00278 e. The highest BCUT2D eigenvalue weighted by molar-refractivity contribution is 5.76. The van der Waals surface area contributed by atoms with E-state index in [1.54, 1.807) is 0 Å². The molecule has 2 aliphatic rings. The predicted molar refractivity (Wildman–Crippen MR) is 86.3 cm³/mol. The standard InChI is InChI=1S/C19H23N/c1-13-6-4-5-7-17(13)14(2)10-18-15-8-9-16(11-15)19(18)12-20-3/h4-7,10,12,15-16,20H,2,8-9,11H2,1,3H3/b18-10?,19-12-. The molecule has 2 saturated carbocycles. The fraction of sp³-hybridized carbons (Fsp3) is 0.368. The van der Waals surface area contributed by atoms with Gasteiger partial charge in [-0.2, -0.15) is 0 Å². The highest BCUT2D eigenvalue weighted by Gasteiger charge is 2.39. The van der Waals surface area contributed by atoms with Crippen molar-refractivity contribution in [2.75, 3.05) is 7.05 Å². The number of benzene rings is 1. The normalized spacial score (nSPS) is 28.3. The smallest absolute Gasteiger partial charge is 0.00278 e. The summed E-state index contributed by atoms with van der Waals surface area (Å²) in [5.41, 5.74) is 6.75. The molecule has 1 N–H and O–H groups in total. The van der Waals surface area contributed by atoms with Crippen LogP contribution in [-0.2, 0) is 0 Å². The van der Waals surface area contributed by atoms with Crippen molar-refractivity contribution in [1.82, 2.24) is 5.32 Å². The van der Waals surface area contributed by atoms with Crippen molar-refractivity contribution >= 4 is 5.57 Å². The van der Waals surface area contributed by atoms with E-state index in [9.17, 15) is 0 Å². The molecule has 0 heterocycles. The van der Waals surface area contributed by atoms with Crippen molar-refractivity contribution in [3.8, 4) is 0 Å². The molecule has 0 aromatic heterocycles. The van der Waals surface area contributed by atoms with Gasteiger partial charge < -0.3 is 5.32 Å². The molecule has 0 amide bonds. The Bertz CT molecular complexity index is 592. The van der Waals surface area contributed by atoms with Crippen molar-refractivity contribution < 1.29 is 0 Å². The van der Waals surface area contributed by atoms with Crippen molar-refractivity contribution in [2.45, 2.75) is 26.2 Å². The quantitative estimate of drug-likeness (QED) is 0.850. The van der Waals surface area contributed by atoms with Crippen LogP contribution in [0.5, 0.6) is 0 Å². The van der Waals surface area contributed by atoms with E-state index in [0.717, 1.165) is 17.4 Å². The Kier molecular flexibility index (Phi) is 3.52. The first-order valence-corrected chi connectivity index (χ1v) is 7.55. The summed E-state index contributed by atoms with van der Waals surface area (Å²) >= 11 is 0. The van der Waals surface area contributed by atoms with Gasteiger partial charge in [-0.3, -0.25) is 0 Å². The summed E-state index contributed by atoms with van der Waals surface area (Å²) in [5, 5.41) is 3.22. The van der Waals surface area contributed by atoms with Crippen LogP contribution in [-0.4, -0.2) is 7.05 Å². The summed E-state index contributed by atoms with van der Waals surface area (Å²) in [6.07, 6.45) is 8.56. The fourth-order valence-corrected chi connectivity index (χ4v) is 3.77. The molecule has 0 saturated heterocycles. The molecule has 2 unspecified atom stereocenters. The van der Waals surface area contributed by atoms with E-state index in [1.165, 1.54) is 41.5 Å². The van der Waals surface area contributed by atoms with E-state index < -0.39 is 0 Å². The molecule has 104 valence electrons. The van der Waals surface area contributed by atoms with Crippen LogP contribution >= 0.6 is 0 Å². The zero-order valence-electron chi connectivity index (χ0n) is 12.4. The summed E-state index contributed by atoms with van der Waals surface area (Å²) in [5.74, 6) is 1.52. The van der Waals surface area contributed by atoms with E-state index >= 15 is 0 Å². The van der Waals surface area contributed by atoms with Crippen molar-refractivity contribution in [2.24, 2.45) is 11.8 Å². The molecule has 2 aliphatic carbocycles. The first-order chi connectivity index (χ1) is 9.70. The highest BCUT2D eigenvalue weighted by Crippen LogP contribution is 2.52. The third-order valence-electron chi connectivity index (χ3n) is 4.77. The number of hydrogen-bond acceptors (Lipinski definition) is 1. The van der Waals surface area contributed by atoms with Crippen molar-refractivity contribution in [3.05, 3.63) is 65.4 Å². The largest absolute Gasteiger partial charge is 0.394 e. The molecule has 0 aliphatic heterocycles. The maximum atomic E-state index is 4.30. The second-order valence-corrected chi connectivity index (χ2v) is 6.04. The lowest BCUT2D eigenvalue weighted by Gasteiger charge is -2.18. The zero-order chi connectivity index (χ0) is 14.1. The van der Waals surface area contributed by atoms with E-state index in [-0.39, 0.29) is 0 Å². The van der Waals surface area contributed by atoms with Crippen molar-refractivity contribution in [1.29, 1.82) is 0 Å². The lowest BCUT2D eigenvalue weighted by Crippen LogP contribution is -2.07. The van der Waals surface area contributed by atoms with Crippen molar-refractivity contribution in [3.63, 3.8) is 0 Å². The zero-order valence-corrected chi connectivity index (χ0v) is 12.4. The molecule has 1 aromatic rings. The number of nitrogens with one attached hydrogen (secondary N) is 1. The molecular formula is C19H23N. The van der Waals surface area contributed by atoms with Crippen LogP contribution in [0.2, 0.25) is 0 Å². The lowest BCUT2D eigenvalue weighted by atomic mass is 9.87. The average molecular weight is 265 g/mol. The summed E-state index contributed by atoms with van der Waals surface area (Å²) in [7, 11) is 1.99. The van der Waals surface area contributed by atoms with Gasteiger partial charge in [0.05, 0.1) is 0 Å². The summed E-state index contributed by atoms with van der Waals surface area (Å²) in [6, 6.07) is 8.51. The Balaban J connectivity index is 1.94. The van der Waals surface area contributed by atoms with Gasteiger partial charge in [-0.05, 0) is 72.1 Å². The Morgan fingerprint density at radius 2 is 1.90 bits per heavy atom. The molecule has 2 atom stereocenters. The van der Waals surface area contributed by atoms with E-state index in [2.05, 4.69) is 55.4 Å².